The molecule has 0 N–H and O–H groups in total. The number of aryl methyl sites for hydroxylation is 1. The molecule has 3 aromatic rings. The third-order valence-corrected chi connectivity index (χ3v) is 6.25. The number of thiazole rings is 1. The minimum atomic E-state index is -0.474. The molecule has 1 aromatic carbocycles. The highest BCUT2D eigenvalue weighted by Crippen LogP contribution is 2.28. The van der Waals surface area contributed by atoms with Gasteiger partial charge in [-0.2, -0.15) is 0 Å². The summed E-state index contributed by atoms with van der Waals surface area (Å²) in [6, 6.07) is 13.1. The number of hydrogen-bond donors (Lipinski definition) is 0. The molecule has 0 fully saturated rings. The highest BCUT2D eigenvalue weighted by atomic mass is 32.1. The van der Waals surface area contributed by atoms with Crippen molar-refractivity contribution in [3.8, 4) is 0 Å². The van der Waals surface area contributed by atoms with Crippen molar-refractivity contribution in [2.75, 3.05) is 18.1 Å². The van der Waals surface area contributed by atoms with Gasteiger partial charge in [-0.1, -0.05) is 47.7 Å². The molecule has 0 aliphatic rings. The molecular weight excluding hydrogens is 436 g/mol. The Morgan fingerprint density at radius 3 is 2.52 bits per heavy atom. The maximum Gasteiger partial charge on any atom is 0.350 e. The Hall–Kier alpha value is -3.04. The minimum Gasteiger partial charge on any atom is -0.462 e. The van der Waals surface area contributed by atoms with E-state index in [0.717, 1.165) is 21.8 Å². The van der Waals surface area contributed by atoms with E-state index in [2.05, 4.69) is 4.98 Å². The van der Waals surface area contributed by atoms with Crippen LogP contribution >= 0.6 is 22.7 Å². The zero-order chi connectivity index (χ0) is 22.2. The Morgan fingerprint density at radius 1 is 1.06 bits per heavy atom. The largest absolute Gasteiger partial charge is 0.462 e. The van der Waals surface area contributed by atoms with Gasteiger partial charge in [0.2, 0.25) is 0 Å². The molecule has 0 atom stereocenters. The third-order valence-electron chi connectivity index (χ3n) is 4.22. The van der Waals surface area contributed by atoms with E-state index in [1.54, 1.807) is 13.8 Å². The monoisotopic (exact) mass is 458 g/mol. The fourth-order valence-corrected chi connectivity index (χ4v) is 4.41. The Balaban J connectivity index is 1.76. The average molecular weight is 459 g/mol. The summed E-state index contributed by atoms with van der Waals surface area (Å²) in [7, 11) is 0. The maximum absolute atomic E-state index is 13.0. The summed E-state index contributed by atoms with van der Waals surface area (Å²) in [5.74, 6) is -1.37. The lowest BCUT2D eigenvalue weighted by molar-refractivity contribution is -0.147. The molecule has 0 aliphatic heterocycles. The van der Waals surface area contributed by atoms with Crippen molar-refractivity contribution in [1.29, 1.82) is 0 Å². The highest BCUT2D eigenvalue weighted by molar-refractivity contribution is 7.17. The summed E-state index contributed by atoms with van der Waals surface area (Å²) in [6.45, 7) is 3.49. The summed E-state index contributed by atoms with van der Waals surface area (Å²) in [5.41, 5.74) is 1.37. The second kappa shape index (κ2) is 10.8. The zero-order valence-electron chi connectivity index (χ0n) is 17.2. The lowest BCUT2D eigenvalue weighted by Gasteiger charge is -2.20. The van der Waals surface area contributed by atoms with Crippen molar-refractivity contribution < 1.29 is 23.9 Å². The van der Waals surface area contributed by atoms with Crippen molar-refractivity contribution in [2.45, 2.75) is 26.8 Å². The van der Waals surface area contributed by atoms with E-state index in [9.17, 15) is 14.4 Å². The lowest BCUT2D eigenvalue weighted by Crippen LogP contribution is -2.34. The van der Waals surface area contributed by atoms with Gasteiger partial charge in [-0.15, -0.1) is 11.3 Å². The molecule has 0 radical (unpaired) electrons. The minimum absolute atomic E-state index is 0.118. The van der Waals surface area contributed by atoms with Gasteiger partial charge < -0.3 is 9.47 Å². The van der Waals surface area contributed by atoms with E-state index < -0.39 is 24.5 Å². The van der Waals surface area contributed by atoms with E-state index in [1.807, 2.05) is 47.8 Å². The van der Waals surface area contributed by atoms with Gasteiger partial charge in [0.15, 0.2) is 11.7 Å². The van der Waals surface area contributed by atoms with Crippen molar-refractivity contribution in [3.63, 3.8) is 0 Å². The van der Waals surface area contributed by atoms with Gasteiger partial charge in [0.25, 0.3) is 5.91 Å². The van der Waals surface area contributed by atoms with Crippen LogP contribution in [0.2, 0.25) is 0 Å². The van der Waals surface area contributed by atoms with Crippen LogP contribution in [0.4, 0.5) is 5.13 Å². The van der Waals surface area contributed by atoms with Gasteiger partial charge in [0, 0.05) is 4.88 Å². The normalized spacial score (nSPS) is 10.5. The number of rotatable bonds is 9. The predicted octanol–water partition coefficient (Wildman–Crippen LogP) is 4.01. The summed E-state index contributed by atoms with van der Waals surface area (Å²) in [6.07, 6.45) is 0.118. The number of amides is 1. The van der Waals surface area contributed by atoms with Crippen LogP contribution in [0, 0.1) is 6.92 Å². The molecule has 0 bridgehead atoms. The lowest BCUT2D eigenvalue weighted by atomic mass is 10.2. The van der Waals surface area contributed by atoms with Crippen LogP contribution in [0.25, 0.3) is 0 Å². The molecule has 0 saturated carbocycles. The van der Waals surface area contributed by atoms with Crippen molar-refractivity contribution >= 4 is 45.7 Å². The summed E-state index contributed by atoms with van der Waals surface area (Å²) in [4.78, 5) is 44.3. The van der Waals surface area contributed by atoms with Crippen LogP contribution in [0.15, 0.2) is 47.8 Å². The molecule has 3 rings (SSSR count). The van der Waals surface area contributed by atoms with Gasteiger partial charge in [-0.25, -0.2) is 9.78 Å². The molecule has 2 heterocycles. The first-order valence-electron chi connectivity index (χ1n) is 9.64. The van der Waals surface area contributed by atoms with Crippen LogP contribution in [0.3, 0.4) is 0 Å². The second-order valence-corrected chi connectivity index (χ2v) is 8.52. The van der Waals surface area contributed by atoms with E-state index >= 15 is 0 Å². The number of esters is 2. The van der Waals surface area contributed by atoms with Crippen LogP contribution in [-0.4, -0.2) is 36.0 Å². The SMILES string of the molecule is CCOC(=O)c1sc(N(Cc2ccccc2)C(=O)COC(=O)Cc2cccs2)nc1C. The number of anilines is 1. The van der Waals surface area contributed by atoms with Crippen LogP contribution in [0.5, 0.6) is 0 Å². The first kappa shape index (κ1) is 22.6. The van der Waals surface area contributed by atoms with Crippen molar-refractivity contribution in [1.82, 2.24) is 4.98 Å². The molecule has 0 saturated heterocycles. The van der Waals surface area contributed by atoms with Gasteiger partial charge in [0.05, 0.1) is 25.3 Å². The molecule has 9 heteroatoms. The fraction of sp³-hybridized carbons (Fsp3) is 0.273. The Labute approximate surface area is 188 Å². The van der Waals surface area contributed by atoms with E-state index in [4.69, 9.17) is 9.47 Å². The van der Waals surface area contributed by atoms with E-state index in [1.165, 1.54) is 16.2 Å². The van der Waals surface area contributed by atoms with E-state index in [-0.39, 0.29) is 19.6 Å². The van der Waals surface area contributed by atoms with Crippen molar-refractivity contribution in [3.05, 3.63) is 68.9 Å². The van der Waals surface area contributed by atoms with Crippen LogP contribution < -0.4 is 4.90 Å². The average Bonchev–Trinajstić information content (AvgIpc) is 3.40. The predicted molar refractivity (Wildman–Crippen MR) is 119 cm³/mol. The second-order valence-electron chi connectivity index (χ2n) is 6.51. The zero-order valence-corrected chi connectivity index (χ0v) is 18.8. The number of benzene rings is 1. The van der Waals surface area contributed by atoms with Crippen molar-refractivity contribution in [2.24, 2.45) is 0 Å². The molecule has 0 unspecified atom stereocenters. The number of ether oxygens (including phenoxy) is 2. The number of aromatic nitrogens is 1. The Bertz CT molecular complexity index is 1030. The Morgan fingerprint density at radius 2 is 1.84 bits per heavy atom. The summed E-state index contributed by atoms with van der Waals surface area (Å²) >= 11 is 2.54. The molecule has 2 aromatic heterocycles. The fourth-order valence-electron chi connectivity index (χ4n) is 2.74. The number of hydrogen-bond acceptors (Lipinski definition) is 8. The first-order chi connectivity index (χ1) is 15.0. The number of carbonyl (C=O) groups excluding carboxylic acids is 3. The molecule has 0 aliphatic carbocycles. The molecule has 1 amide bonds. The topological polar surface area (TPSA) is 85.8 Å². The quantitative estimate of drug-likeness (QED) is 0.451. The maximum atomic E-state index is 13.0. The van der Waals surface area contributed by atoms with Gasteiger partial charge in [0.1, 0.15) is 4.88 Å². The summed E-state index contributed by atoms with van der Waals surface area (Å²) < 4.78 is 10.3. The molecular formula is C22H22N2O5S2. The number of nitrogens with zero attached hydrogens (tertiary/aromatic N) is 2. The van der Waals surface area contributed by atoms with Gasteiger partial charge in [-0.05, 0) is 30.9 Å². The van der Waals surface area contributed by atoms with Gasteiger partial charge >= 0.3 is 11.9 Å². The number of carbonyl (C=O) groups is 3. The molecule has 31 heavy (non-hydrogen) atoms. The van der Waals surface area contributed by atoms with Crippen LogP contribution in [0.1, 0.15) is 32.7 Å². The third kappa shape index (κ3) is 6.22. The molecule has 7 nitrogen and oxygen atoms in total. The highest BCUT2D eigenvalue weighted by Gasteiger charge is 2.25. The molecule has 0 spiro atoms. The first-order valence-corrected chi connectivity index (χ1v) is 11.3. The Kier molecular flexibility index (Phi) is 7.91. The van der Waals surface area contributed by atoms with Crippen LogP contribution in [-0.2, 0) is 32.0 Å². The summed E-state index contributed by atoms with van der Waals surface area (Å²) in [5, 5.41) is 2.23. The number of thiophene rings is 1. The van der Waals surface area contributed by atoms with E-state index in [0.29, 0.717) is 15.7 Å². The smallest absolute Gasteiger partial charge is 0.350 e. The van der Waals surface area contributed by atoms with Gasteiger partial charge in [-0.3, -0.25) is 14.5 Å². The standard InChI is InChI=1S/C22H22N2O5S2/c1-3-28-21(27)20-15(2)23-22(31-20)24(13-16-8-5-4-6-9-16)18(25)14-29-19(26)12-17-10-7-11-30-17/h4-11H,3,12-14H2,1-2H3. The molecule has 162 valence electrons.